The van der Waals surface area contributed by atoms with Crippen molar-refractivity contribution >= 4 is 10.1 Å². The summed E-state index contributed by atoms with van der Waals surface area (Å²) in [5.74, 6) is 0. The average molecular weight is 653 g/mol. The van der Waals surface area contributed by atoms with E-state index in [1.54, 1.807) is 0 Å². The first-order chi connectivity index (χ1) is 22.4. The maximum absolute atomic E-state index is 10.7. The lowest BCUT2D eigenvalue weighted by molar-refractivity contribution is -0.677. The van der Waals surface area contributed by atoms with Gasteiger partial charge in [0.2, 0.25) is 5.69 Å². The SMILES string of the molecule is Cc1c(-c2ccccc2)ccc2[n+]1Cc1ccccc1-2.Cc1nc(-c2ccccc2)ccc1-c1ccccc1.O=S(=O)([O-])C(F)(F)F. The molecule has 4 aromatic carbocycles. The molecule has 5 nitrogen and oxygen atoms in total. The second-order valence-electron chi connectivity index (χ2n) is 10.8. The normalized spacial score (nSPS) is 11.7. The fourth-order valence-electron chi connectivity index (χ4n) is 5.39. The minimum atomic E-state index is -6.09. The van der Waals surface area contributed by atoms with Gasteiger partial charge in [-0.3, -0.25) is 4.98 Å². The Morgan fingerprint density at radius 3 is 1.62 bits per heavy atom. The van der Waals surface area contributed by atoms with Gasteiger partial charge in [0.05, 0.1) is 11.3 Å². The number of nitrogens with zero attached hydrogens (tertiary/aromatic N) is 2. The van der Waals surface area contributed by atoms with Gasteiger partial charge in [-0.1, -0.05) is 115 Å². The lowest BCUT2D eigenvalue weighted by Crippen LogP contribution is -2.36. The van der Waals surface area contributed by atoms with Crippen LogP contribution in [0.3, 0.4) is 0 Å². The molecule has 1 aliphatic rings. The van der Waals surface area contributed by atoms with Crippen molar-refractivity contribution in [3.8, 4) is 44.8 Å². The van der Waals surface area contributed by atoms with E-state index in [1.165, 1.54) is 44.8 Å². The molecule has 6 aromatic rings. The van der Waals surface area contributed by atoms with E-state index < -0.39 is 15.6 Å². The molecule has 3 heterocycles. The van der Waals surface area contributed by atoms with E-state index in [0.29, 0.717) is 0 Å². The molecular weight excluding hydrogens is 621 g/mol. The van der Waals surface area contributed by atoms with Gasteiger partial charge < -0.3 is 4.55 Å². The fraction of sp³-hybridized carbons (Fsp3) is 0.105. The summed E-state index contributed by atoms with van der Waals surface area (Å²) in [6, 6.07) is 48.7. The zero-order chi connectivity index (χ0) is 33.6. The molecule has 0 aliphatic carbocycles. The summed E-state index contributed by atoms with van der Waals surface area (Å²) in [6.07, 6.45) is 0. The monoisotopic (exact) mass is 652 g/mol. The van der Waals surface area contributed by atoms with Crippen molar-refractivity contribution in [3.63, 3.8) is 0 Å². The average Bonchev–Trinajstić information content (AvgIpc) is 3.46. The number of pyridine rings is 2. The lowest BCUT2D eigenvalue weighted by Gasteiger charge is -2.08. The molecule has 0 saturated heterocycles. The summed E-state index contributed by atoms with van der Waals surface area (Å²) in [5.41, 5.74) is 8.08. The lowest BCUT2D eigenvalue weighted by atomic mass is 10.0. The predicted octanol–water partition coefficient (Wildman–Crippen LogP) is 8.75. The Labute approximate surface area is 272 Å². The summed E-state index contributed by atoms with van der Waals surface area (Å²) >= 11 is 0. The minimum Gasteiger partial charge on any atom is -0.741 e. The second-order valence-corrected chi connectivity index (χ2v) is 12.2. The van der Waals surface area contributed by atoms with Gasteiger partial charge in [0, 0.05) is 40.9 Å². The van der Waals surface area contributed by atoms with E-state index in [0.717, 1.165) is 23.5 Å². The van der Waals surface area contributed by atoms with E-state index in [4.69, 9.17) is 18.0 Å². The molecule has 0 fully saturated rings. The van der Waals surface area contributed by atoms with Crippen LogP contribution in [0, 0.1) is 13.8 Å². The number of hydrogen-bond acceptors (Lipinski definition) is 4. The highest BCUT2D eigenvalue weighted by molar-refractivity contribution is 7.86. The van der Waals surface area contributed by atoms with Gasteiger partial charge in [0.15, 0.2) is 22.4 Å². The standard InChI is InChI=1S/C19H16N.C18H15N.CHF3O3S/c1-14-17(15-7-3-2-4-8-15)11-12-19-18-10-6-5-9-16(18)13-20(14)19;1-14-17(15-8-4-2-5-9-15)12-13-18(19-14)16-10-6-3-7-11-16;2-1(3,4)8(5,6)7/h2-12H,13H2,1H3;2-13H,1H3;(H,5,6,7)/q+1;;/p-1. The Balaban J connectivity index is 0.000000151. The van der Waals surface area contributed by atoms with Crippen LogP contribution in [-0.2, 0) is 16.7 Å². The van der Waals surface area contributed by atoms with Crippen molar-refractivity contribution < 1.29 is 30.7 Å². The Hall–Kier alpha value is -5.12. The summed E-state index contributed by atoms with van der Waals surface area (Å²) in [4.78, 5) is 4.72. The predicted molar refractivity (Wildman–Crippen MR) is 177 cm³/mol. The van der Waals surface area contributed by atoms with Gasteiger partial charge in [-0.15, -0.1) is 0 Å². The molecule has 238 valence electrons. The number of halogens is 3. The van der Waals surface area contributed by atoms with E-state index >= 15 is 0 Å². The number of aryl methyl sites for hydroxylation is 1. The van der Waals surface area contributed by atoms with Crippen molar-refractivity contribution in [2.45, 2.75) is 25.9 Å². The molecule has 2 aromatic heterocycles. The molecule has 0 amide bonds. The van der Waals surface area contributed by atoms with Gasteiger partial charge in [-0.25, -0.2) is 8.42 Å². The maximum atomic E-state index is 10.7. The van der Waals surface area contributed by atoms with E-state index in [2.05, 4.69) is 134 Å². The van der Waals surface area contributed by atoms with Crippen molar-refractivity contribution in [1.29, 1.82) is 0 Å². The highest BCUT2D eigenvalue weighted by atomic mass is 32.2. The molecule has 7 rings (SSSR count). The van der Waals surface area contributed by atoms with Crippen molar-refractivity contribution in [1.82, 2.24) is 4.98 Å². The van der Waals surface area contributed by atoms with Crippen LogP contribution in [-0.4, -0.2) is 23.5 Å². The number of alkyl halides is 3. The zero-order valence-corrected chi connectivity index (χ0v) is 26.5. The van der Waals surface area contributed by atoms with Gasteiger partial charge in [0.1, 0.15) is 0 Å². The zero-order valence-electron chi connectivity index (χ0n) is 25.6. The number of fused-ring (bicyclic) bond motifs is 3. The third-order valence-corrected chi connectivity index (χ3v) is 8.29. The van der Waals surface area contributed by atoms with Crippen LogP contribution in [0.2, 0.25) is 0 Å². The Kier molecular flexibility index (Phi) is 9.98. The molecule has 0 spiro atoms. The van der Waals surface area contributed by atoms with Crippen LogP contribution in [0.5, 0.6) is 0 Å². The van der Waals surface area contributed by atoms with Gasteiger partial charge in [-0.05, 0) is 36.2 Å². The molecule has 0 saturated carbocycles. The Morgan fingerprint density at radius 1 is 0.617 bits per heavy atom. The van der Waals surface area contributed by atoms with Gasteiger partial charge >= 0.3 is 5.51 Å². The highest BCUT2D eigenvalue weighted by Crippen LogP contribution is 2.31. The number of benzene rings is 4. The molecule has 1 aliphatic heterocycles. The number of aromatic nitrogens is 2. The first kappa shape index (κ1) is 33.2. The topological polar surface area (TPSA) is 74.0 Å². The molecule has 0 bridgehead atoms. The third kappa shape index (κ3) is 7.82. The van der Waals surface area contributed by atoms with Crippen LogP contribution in [0.1, 0.15) is 17.0 Å². The first-order valence-electron chi connectivity index (χ1n) is 14.7. The summed E-state index contributed by atoms with van der Waals surface area (Å²) < 4.78 is 61.3. The minimum absolute atomic E-state index is 0.984. The smallest absolute Gasteiger partial charge is 0.485 e. The molecule has 0 atom stereocenters. The van der Waals surface area contributed by atoms with Gasteiger partial charge in [0.25, 0.3) is 0 Å². The highest BCUT2D eigenvalue weighted by Gasteiger charge is 2.37. The largest absolute Gasteiger partial charge is 0.741 e. The van der Waals surface area contributed by atoms with Crippen LogP contribution in [0.15, 0.2) is 140 Å². The summed E-state index contributed by atoms with van der Waals surface area (Å²) in [6.45, 7) is 5.27. The van der Waals surface area contributed by atoms with E-state index in [-0.39, 0.29) is 0 Å². The first-order valence-corrected chi connectivity index (χ1v) is 16.1. The third-order valence-electron chi connectivity index (χ3n) is 7.72. The molecular formula is C38H31F3N2O3S. The number of hydrogen-bond donors (Lipinski definition) is 0. The van der Waals surface area contributed by atoms with Crippen molar-refractivity contribution in [3.05, 3.63) is 156 Å². The molecule has 0 N–H and O–H groups in total. The van der Waals surface area contributed by atoms with Crippen molar-refractivity contribution in [2.24, 2.45) is 0 Å². The van der Waals surface area contributed by atoms with E-state index in [9.17, 15) is 13.2 Å². The summed E-state index contributed by atoms with van der Waals surface area (Å²) in [5, 5.41) is 0. The second kappa shape index (κ2) is 14.1. The van der Waals surface area contributed by atoms with Crippen LogP contribution < -0.4 is 4.57 Å². The molecule has 0 radical (unpaired) electrons. The molecule has 9 heteroatoms. The van der Waals surface area contributed by atoms with Crippen LogP contribution in [0.25, 0.3) is 44.8 Å². The van der Waals surface area contributed by atoms with E-state index in [1.807, 2.05) is 24.3 Å². The summed E-state index contributed by atoms with van der Waals surface area (Å²) in [7, 11) is -6.09. The maximum Gasteiger partial charge on any atom is 0.485 e. The fourth-order valence-corrected chi connectivity index (χ4v) is 5.39. The molecule has 0 unspecified atom stereocenters. The van der Waals surface area contributed by atoms with Crippen LogP contribution in [0.4, 0.5) is 13.2 Å². The van der Waals surface area contributed by atoms with Gasteiger partial charge in [-0.2, -0.15) is 17.7 Å². The quantitative estimate of drug-likeness (QED) is 0.109. The van der Waals surface area contributed by atoms with Crippen molar-refractivity contribution in [2.75, 3.05) is 0 Å². The Bertz CT molecular complexity index is 2090. The Morgan fingerprint density at radius 2 is 1.09 bits per heavy atom. The van der Waals surface area contributed by atoms with Crippen LogP contribution >= 0.6 is 0 Å². The number of rotatable bonds is 3. The molecule has 47 heavy (non-hydrogen) atoms.